The highest BCUT2D eigenvalue weighted by molar-refractivity contribution is 7.89. The molecule has 0 spiro atoms. The molecule has 5 nitrogen and oxygen atoms in total. The summed E-state index contributed by atoms with van der Waals surface area (Å²) >= 11 is 0. The van der Waals surface area contributed by atoms with Gasteiger partial charge in [-0.3, -0.25) is 0 Å². The third-order valence-corrected chi connectivity index (χ3v) is 5.05. The molecule has 0 aliphatic carbocycles. The van der Waals surface area contributed by atoms with Gasteiger partial charge in [-0.15, -0.1) is 12.4 Å². The lowest BCUT2D eigenvalue weighted by Gasteiger charge is -2.30. The Kier molecular flexibility index (Phi) is 6.40. The Balaban J connectivity index is 0.00000220. The quantitative estimate of drug-likeness (QED) is 0.873. The van der Waals surface area contributed by atoms with Crippen LogP contribution < -0.4 is 14.8 Å². The van der Waals surface area contributed by atoms with Gasteiger partial charge in [0.2, 0.25) is 10.0 Å². The lowest BCUT2D eigenvalue weighted by atomic mass is 9.96. The van der Waals surface area contributed by atoms with Crippen molar-refractivity contribution in [3.63, 3.8) is 0 Å². The van der Waals surface area contributed by atoms with E-state index in [-0.39, 0.29) is 35.0 Å². The standard InChI is InChI=1S/C13H19FN2O3S.ClH/c1-9-5-6-15-8-12(9)16-20(17,18)10-3-4-11(14)13(7-10)19-2;/h3-4,7,9,12,15-16H,5-6,8H2,1-2H3;1H. The van der Waals surface area contributed by atoms with E-state index >= 15 is 0 Å². The average Bonchev–Trinajstić information content (AvgIpc) is 2.41. The van der Waals surface area contributed by atoms with Gasteiger partial charge in [-0.05, 0) is 31.0 Å². The van der Waals surface area contributed by atoms with E-state index in [0.29, 0.717) is 6.54 Å². The minimum Gasteiger partial charge on any atom is -0.494 e. The van der Waals surface area contributed by atoms with Crippen molar-refractivity contribution in [1.29, 1.82) is 0 Å². The number of nitrogens with one attached hydrogen (secondary N) is 2. The number of methoxy groups -OCH3 is 1. The van der Waals surface area contributed by atoms with Crippen molar-refractivity contribution >= 4 is 22.4 Å². The summed E-state index contributed by atoms with van der Waals surface area (Å²) in [5, 5.41) is 3.16. The average molecular weight is 339 g/mol. The number of sulfonamides is 1. The molecule has 2 N–H and O–H groups in total. The Morgan fingerprint density at radius 3 is 2.76 bits per heavy atom. The highest BCUT2D eigenvalue weighted by Gasteiger charge is 2.27. The predicted molar refractivity (Wildman–Crippen MR) is 81.0 cm³/mol. The number of piperidine rings is 1. The van der Waals surface area contributed by atoms with E-state index in [1.807, 2.05) is 6.92 Å². The normalized spacial score (nSPS) is 22.4. The molecule has 1 aliphatic rings. The molecule has 0 bridgehead atoms. The van der Waals surface area contributed by atoms with E-state index in [1.54, 1.807) is 0 Å². The summed E-state index contributed by atoms with van der Waals surface area (Å²) in [5.41, 5.74) is 0. The van der Waals surface area contributed by atoms with Gasteiger partial charge in [0.1, 0.15) is 0 Å². The first-order valence-electron chi connectivity index (χ1n) is 6.50. The molecular formula is C13H20ClFN2O3S. The van der Waals surface area contributed by atoms with E-state index in [9.17, 15) is 12.8 Å². The molecule has 1 fully saturated rings. The van der Waals surface area contributed by atoms with Gasteiger partial charge in [0, 0.05) is 18.7 Å². The van der Waals surface area contributed by atoms with Crippen molar-refractivity contribution in [2.75, 3.05) is 20.2 Å². The van der Waals surface area contributed by atoms with E-state index in [2.05, 4.69) is 10.0 Å². The molecule has 0 amide bonds. The van der Waals surface area contributed by atoms with Crippen LogP contribution in [0.2, 0.25) is 0 Å². The molecule has 21 heavy (non-hydrogen) atoms. The molecule has 1 aliphatic heterocycles. The van der Waals surface area contributed by atoms with Gasteiger partial charge in [0.05, 0.1) is 12.0 Å². The molecule has 2 rings (SSSR count). The summed E-state index contributed by atoms with van der Waals surface area (Å²) in [6, 6.07) is 3.36. The van der Waals surface area contributed by atoms with E-state index in [0.717, 1.165) is 19.0 Å². The van der Waals surface area contributed by atoms with Crippen LogP contribution in [0.3, 0.4) is 0 Å². The molecule has 2 atom stereocenters. The SMILES string of the molecule is COc1cc(S(=O)(=O)NC2CNCCC2C)ccc1F.Cl. The highest BCUT2D eigenvalue weighted by Crippen LogP contribution is 2.22. The van der Waals surface area contributed by atoms with Gasteiger partial charge in [0.25, 0.3) is 0 Å². The second-order valence-corrected chi connectivity index (χ2v) is 6.71. The van der Waals surface area contributed by atoms with Gasteiger partial charge >= 0.3 is 0 Å². The molecule has 8 heteroatoms. The summed E-state index contributed by atoms with van der Waals surface area (Å²) in [5.74, 6) is -0.407. The zero-order valence-corrected chi connectivity index (χ0v) is 13.6. The third kappa shape index (κ3) is 4.29. The number of hydrogen-bond donors (Lipinski definition) is 2. The molecule has 0 aromatic heterocycles. The van der Waals surface area contributed by atoms with Crippen molar-refractivity contribution in [3.8, 4) is 5.75 Å². The van der Waals surface area contributed by atoms with E-state index in [4.69, 9.17) is 4.74 Å². The maximum Gasteiger partial charge on any atom is 0.241 e. The minimum absolute atomic E-state index is 0. The second-order valence-electron chi connectivity index (χ2n) is 4.99. The molecule has 1 aromatic carbocycles. The van der Waals surface area contributed by atoms with Crippen molar-refractivity contribution < 1.29 is 17.5 Å². The van der Waals surface area contributed by atoms with Crippen LogP contribution >= 0.6 is 12.4 Å². The van der Waals surface area contributed by atoms with E-state index < -0.39 is 15.8 Å². The number of halogens is 2. The molecule has 1 heterocycles. The summed E-state index contributed by atoms with van der Waals surface area (Å²) in [4.78, 5) is 0.00789. The Hall–Kier alpha value is -0.890. The first-order chi connectivity index (χ1) is 9.44. The predicted octanol–water partition coefficient (Wildman–Crippen LogP) is 1.53. The zero-order valence-electron chi connectivity index (χ0n) is 11.9. The van der Waals surface area contributed by atoms with Crippen LogP contribution in [-0.2, 0) is 10.0 Å². The summed E-state index contributed by atoms with van der Waals surface area (Å²) in [6.45, 7) is 3.50. The van der Waals surface area contributed by atoms with Gasteiger partial charge < -0.3 is 10.1 Å². The summed E-state index contributed by atoms with van der Waals surface area (Å²) in [7, 11) is -2.38. The summed E-state index contributed by atoms with van der Waals surface area (Å²) < 4.78 is 45.4. The van der Waals surface area contributed by atoms with Crippen molar-refractivity contribution in [3.05, 3.63) is 24.0 Å². The fourth-order valence-electron chi connectivity index (χ4n) is 2.22. The molecule has 1 aromatic rings. The second kappa shape index (κ2) is 7.40. The van der Waals surface area contributed by atoms with Crippen LogP contribution in [0.4, 0.5) is 4.39 Å². The zero-order chi connectivity index (χ0) is 14.8. The van der Waals surface area contributed by atoms with Gasteiger partial charge in [-0.25, -0.2) is 17.5 Å². The first kappa shape index (κ1) is 18.2. The molecule has 2 unspecified atom stereocenters. The number of ether oxygens (including phenoxy) is 1. The van der Waals surface area contributed by atoms with E-state index in [1.165, 1.54) is 19.2 Å². The smallest absolute Gasteiger partial charge is 0.241 e. The fraction of sp³-hybridized carbons (Fsp3) is 0.538. The third-order valence-electron chi connectivity index (χ3n) is 3.57. The minimum atomic E-state index is -3.68. The molecule has 1 saturated heterocycles. The van der Waals surface area contributed by atoms with Crippen molar-refractivity contribution in [2.24, 2.45) is 5.92 Å². The molecular weight excluding hydrogens is 319 g/mol. The molecule has 0 saturated carbocycles. The Morgan fingerprint density at radius 1 is 1.43 bits per heavy atom. The first-order valence-corrected chi connectivity index (χ1v) is 7.99. The molecule has 120 valence electrons. The fourth-order valence-corrected chi connectivity index (χ4v) is 3.58. The van der Waals surface area contributed by atoms with Crippen molar-refractivity contribution in [2.45, 2.75) is 24.3 Å². The maximum absolute atomic E-state index is 13.3. The van der Waals surface area contributed by atoms with Crippen LogP contribution in [0.1, 0.15) is 13.3 Å². The van der Waals surface area contributed by atoms with Gasteiger partial charge in [0.15, 0.2) is 11.6 Å². The van der Waals surface area contributed by atoms with Crippen LogP contribution in [0.15, 0.2) is 23.1 Å². The van der Waals surface area contributed by atoms with Crippen LogP contribution in [-0.4, -0.2) is 34.7 Å². The summed E-state index contributed by atoms with van der Waals surface area (Å²) in [6.07, 6.45) is 0.917. The molecule has 0 radical (unpaired) electrons. The van der Waals surface area contributed by atoms with Crippen LogP contribution in [0, 0.1) is 11.7 Å². The van der Waals surface area contributed by atoms with Gasteiger partial charge in [-0.2, -0.15) is 0 Å². The number of benzene rings is 1. The topological polar surface area (TPSA) is 67.4 Å². The highest BCUT2D eigenvalue weighted by atomic mass is 35.5. The Labute approximate surface area is 130 Å². The number of hydrogen-bond acceptors (Lipinski definition) is 4. The maximum atomic E-state index is 13.3. The number of rotatable bonds is 4. The lowest BCUT2D eigenvalue weighted by molar-refractivity contribution is 0.327. The lowest BCUT2D eigenvalue weighted by Crippen LogP contribution is -2.50. The Morgan fingerprint density at radius 2 is 2.14 bits per heavy atom. The Bertz CT molecular complexity index is 583. The van der Waals surface area contributed by atoms with Crippen LogP contribution in [0.25, 0.3) is 0 Å². The monoisotopic (exact) mass is 338 g/mol. The van der Waals surface area contributed by atoms with Crippen LogP contribution in [0.5, 0.6) is 5.75 Å². The largest absolute Gasteiger partial charge is 0.494 e. The van der Waals surface area contributed by atoms with Gasteiger partial charge in [-0.1, -0.05) is 6.92 Å². The van der Waals surface area contributed by atoms with Crippen molar-refractivity contribution in [1.82, 2.24) is 10.0 Å².